The van der Waals surface area contributed by atoms with E-state index < -0.39 is 12.5 Å². The maximum Gasteiger partial charge on any atom is 0.125 e. The molecule has 1 aliphatic heterocycles. The first-order valence-corrected chi connectivity index (χ1v) is 4.92. The van der Waals surface area contributed by atoms with Gasteiger partial charge in [0, 0.05) is 14.7 Å². The fourth-order valence-electron chi connectivity index (χ4n) is 1.98. The van der Waals surface area contributed by atoms with Crippen molar-refractivity contribution in [1.29, 1.82) is 0 Å². The average Bonchev–Trinajstić information content (AvgIpc) is 2.33. The second-order valence-corrected chi connectivity index (χ2v) is 3.59. The van der Waals surface area contributed by atoms with E-state index in [4.69, 9.17) is 7.48 Å². The molecular formula is C13H12O2. The van der Waals surface area contributed by atoms with E-state index in [2.05, 4.69) is 0 Å². The standard InChI is InChI=1S/C13H12O2/c14-11-7-8-15-12-6-5-9-3-1-2-4-10(9)13(11)12/h1-6,11,14H,7-8H2/i7D2. The molecule has 3 rings (SSSR count). The molecule has 2 aromatic carbocycles. The topological polar surface area (TPSA) is 29.5 Å². The molecule has 2 aromatic rings. The Balaban J connectivity index is 2.31. The van der Waals surface area contributed by atoms with Crippen LogP contribution in [0.1, 0.15) is 20.8 Å². The molecule has 0 bridgehead atoms. The van der Waals surface area contributed by atoms with Gasteiger partial charge in [-0.3, -0.25) is 0 Å². The van der Waals surface area contributed by atoms with E-state index >= 15 is 0 Å². The fraction of sp³-hybridized carbons (Fsp3) is 0.231. The van der Waals surface area contributed by atoms with Crippen molar-refractivity contribution in [3.05, 3.63) is 42.0 Å². The Morgan fingerprint density at radius 1 is 1.27 bits per heavy atom. The van der Waals surface area contributed by atoms with Crippen molar-refractivity contribution in [2.75, 3.05) is 6.61 Å². The Kier molecular flexibility index (Phi) is 1.48. The maximum absolute atomic E-state index is 10.1. The van der Waals surface area contributed by atoms with Gasteiger partial charge in [0.05, 0.1) is 12.7 Å². The summed E-state index contributed by atoms with van der Waals surface area (Å²) < 4.78 is 20.8. The van der Waals surface area contributed by atoms with E-state index in [9.17, 15) is 5.11 Å². The molecule has 1 aliphatic rings. The molecule has 0 aromatic heterocycles. The zero-order valence-corrected chi connectivity index (χ0v) is 8.10. The predicted octanol–water partition coefficient (Wildman–Crippen LogP) is 2.66. The van der Waals surface area contributed by atoms with E-state index in [0.717, 1.165) is 10.8 Å². The third kappa shape index (κ3) is 1.29. The Hall–Kier alpha value is -1.54. The van der Waals surface area contributed by atoms with Gasteiger partial charge in [-0.05, 0) is 16.8 Å². The van der Waals surface area contributed by atoms with Crippen LogP contribution in [-0.2, 0) is 0 Å². The molecule has 0 saturated heterocycles. The summed E-state index contributed by atoms with van der Waals surface area (Å²) in [7, 11) is 0. The Labute approximate surface area is 90.9 Å². The van der Waals surface area contributed by atoms with Crippen molar-refractivity contribution >= 4 is 10.8 Å². The molecule has 0 saturated carbocycles. The number of ether oxygens (including phenoxy) is 1. The van der Waals surface area contributed by atoms with Crippen molar-refractivity contribution in [3.63, 3.8) is 0 Å². The van der Waals surface area contributed by atoms with Gasteiger partial charge in [-0.25, -0.2) is 0 Å². The van der Waals surface area contributed by atoms with Crippen molar-refractivity contribution in [1.82, 2.24) is 0 Å². The number of fused-ring (bicyclic) bond motifs is 3. The lowest BCUT2D eigenvalue weighted by Crippen LogP contribution is -2.13. The molecule has 2 heteroatoms. The van der Waals surface area contributed by atoms with Crippen LogP contribution in [-0.4, -0.2) is 11.7 Å². The van der Waals surface area contributed by atoms with Crippen LogP contribution in [0.15, 0.2) is 36.4 Å². The molecule has 1 N–H and O–H groups in total. The van der Waals surface area contributed by atoms with Crippen molar-refractivity contribution in [3.8, 4) is 5.75 Å². The smallest absolute Gasteiger partial charge is 0.125 e. The maximum atomic E-state index is 10.1. The summed E-state index contributed by atoms with van der Waals surface area (Å²) in [6.07, 6.45) is -2.88. The normalized spacial score (nSPS) is 25.0. The summed E-state index contributed by atoms with van der Waals surface area (Å²) in [6, 6.07) is 11.3. The SMILES string of the molecule is [2H]C1([2H])COc2ccc3ccccc3c2C1O. The quantitative estimate of drug-likeness (QED) is 0.711. The molecule has 0 radical (unpaired) electrons. The molecule has 0 spiro atoms. The third-order valence-corrected chi connectivity index (χ3v) is 2.71. The number of aliphatic hydroxyl groups is 1. The monoisotopic (exact) mass is 202 g/mol. The first-order chi connectivity index (χ1) is 8.09. The van der Waals surface area contributed by atoms with Gasteiger partial charge in [0.15, 0.2) is 0 Å². The molecule has 1 atom stereocenters. The lowest BCUT2D eigenvalue weighted by Gasteiger charge is -2.23. The minimum Gasteiger partial charge on any atom is -0.493 e. The van der Waals surface area contributed by atoms with Crippen LogP contribution in [0.4, 0.5) is 0 Å². The summed E-state index contributed by atoms with van der Waals surface area (Å²) in [5.74, 6) is 0.575. The minimum absolute atomic E-state index is 0.112. The van der Waals surface area contributed by atoms with Gasteiger partial charge in [-0.15, -0.1) is 0 Å². The number of aliphatic hydroxyl groups excluding tert-OH is 1. The fourth-order valence-corrected chi connectivity index (χ4v) is 1.98. The van der Waals surface area contributed by atoms with E-state index in [1.807, 2.05) is 30.3 Å². The van der Waals surface area contributed by atoms with Gasteiger partial charge in [0.1, 0.15) is 5.75 Å². The van der Waals surface area contributed by atoms with Crippen molar-refractivity contribution in [2.45, 2.75) is 12.5 Å². The lowest BCUT2D eigenvalue weighted by molar-refractivity contribution is 0.117. The number of rotatable bonds is 0. The number of benzene rings is 2. The summed E-state index contributed by atoms with van der Waals surface area (Å²) in [6.45, 7) is -0.112. The Morgan fingerprint density at radius 2 is 2.13 bits per heavy atom. The van der Waals surface area contributed by atoms with Crippen LogP contribution in [0.5, 0.6) is 5.75 Å². The molecule has 0 fully saturated rings. The van der Waals surface area contributed by atoms with E-state index in [0.29, 0.717) is 11.3 Å². The minimum atomic E-state index is -1.74. The van der Waals surface area contributed by atoms with Gasteiger partial charge in [-0.1, -0.05) is 30.3 Å². The largest absolute Gasteiger partial charge is 0.493 e. The zero-order valence-electron chi connectivity index (χ0n) is 10.1. The second-order valence-electron chi connectivity index (χ2n) is 3.59. The number of hydrogen-bond donors (Lipinski definition) is 1. The van der Waals surface area contributed by atoms with Gasteiger partial charge in [0.2, 0.25) is 0 Å². The van der Waals surface area contributed by atoms with Crippen LogP contribution in [0.3, 0.4) is 0 Å². The molecule has 76 valence electrons. The number of hydrogen-bond acceptors (Lipinski definition) is 2. The van der Waals surface area contributed by atoms with Crippen molar-refractivity contribution < 1.29 is 12.6 Å². The van der Waals surface area contributed by atoms with E-state index in [-0.39, 0.29) is 6.61 Å². The predicted molar refractivity (Wildman–Crippen MR) is 59.0 cm³/mol. The van der Waals surface area contributed by atoms with Gasteiger partial charge in [0.25, 0.3) is 0 Å². The Bertz CT molecular complexity index is 581. The van der Waals surface area contributed by atoms with Gasteiger partial charge >= 0.3 is 0 Å². The van der Waals surface area contributed by atoms with E-state index in [1.165, 1.54) is 0 Å². The first-order valence-electron chi connectivity index (χ1n) is 5.92. The molecule has 1 unspecified atom stereocenters. The zero-order chi connectivity index (χ0) is 12.0. The highest BCUT2D eigenvalue weighted by molar-refractivity contribution is 5.88. The third-order valence-electron chi connectivity index (χ3n) is 2.71. The summed E-state index contributed by atoms with van der Waals surface area (Å²) in [5.41, 5.74) is 0.555. The van der Waals surface area contributed by atoms with E-state index in [1.54, 1.807) is 6.07 Å². The van der Waals surface area contributed by atoms with Gasteiger partial charge < -0.3 is 9.84 Å². The Morgan fingerprint density at radius 3 is 3.07 bits per heavy atom. The first kappa shape index (κ1) is 6.85. The summed E-state index contributed by atoms with van der Waals surface area (Å²) in [4.78, 5) is 0. The van der Waals surface area contributed by atoms with Crippen LogP contribution in [0.2, 0.25) is 0 Å². The second kappa shape index (κ2) is 3.24. The summed E-state index contributed by atoms with van der Waals surface area (Å²) >= 11 is 0. The molecular weight excluding hydrogens is 188 g/mol. The molecule has 15 heavy (non-hydrogen) atoms. The molecule has 1 heterocycles. The van der Waals surface area contributed by atoms with Crippen LogP contribution in [0, 0.1) is 0 Å². The highest BCUT2D eigenvalue weighted by atomic mass is 16.5. The van der Waals surface area contributed by atoms with Crippen molar-refractivity contribution in [2.24, 2.45) is 0 Å². The van der Waals surface area contributed by atoms with Crippen LogP contribution >= 0.6 is 0 Å². The molecule has 0 aliphatic carbocycles. The highest BCUT2D eigenvalue weighted by Gasteiger charge is 2.21. The molecule has 2 nitrogen and oxygen atoms in total. The van der Waals surface area contributed by atoms with Gasteiger partial charge in [-0.2, -0.15) is 0 Å². The highest BCUT2D eigenvalue weighted by Crippen LogP contribution is 2.37. The van der Waals surface area contributed by atoms with Crippen LogP contribution in [0.25, 0.3) is 10.8 Å². The summed E-state index contributed by atoms with van der Waals surface area (Å²) in [5, 5.41) is 12.0. The average molecular weight is 202 g/mol. The van der Waals surface area contributed by atoms with Crippen LogP contribution < -0.4 is 4.74 Å². The lowest BCUT2D eigenvalue weighted by atomic mass is 9.96. The molecule has 0 amide bonds.